The summed E-state index contributed by atoms with van der Waals surface area (Å²) in [5.41, 5.74) is 7.22. The van der Waals surface area contributed by atoms with Crippen LogP contribution in [0.1, 0.15) is 24.2 Å². The number of aryl methyl sites for hydroxylation is 1. The molecular formula is C15H24N4O2. The number of pyridine rings is 1. The van der Waals surface area contributed by atoms with Crippen molar-refractivity contribution < 1.29 is 9.53 Å². The predicted molar refractivity (Wildman–Crippen MR) is 81.0 cm³/mol. The van der Waals surface area contributed by atoms with E-state index < -0.39 is 0 Å². The van der Waals surface area contributed by atoms with E-state index >= 15 is 0 Å². The van der Waals surface area contributed by atoms with Gasteiger partial charge in [-0.15, -0.1) is 0 Å². The monoisotopic (exact) mass is 292 g/mol. The number of nitrogens with one attached hydrogen (secondary N) is 1. The number of aromatic nitrogens is 1. The largest absolute Gasteiger partial charge is 0.497 e. The van der Waals surface area contributed by atoms with Crippen molar-refractivity contribution in [2.45, 2.75) is 32.4 Å². The van der Waals surface area contributed by atoms with Crippen molar-refractivity contribution in [3.63, 3.8) is 0 Å². The molecule has 0 spiro atoms. The molecule has 0 radical (unpaired) electrons. The Kier molecular flexibility index (Phi) is 5.52. The van der Waals surface area contributed by atoms with Gasteiger partial charge in [0.05, 0.1) is 19.3 Å². The second-order valence-electron chi connectivity index (χ2n) is 5.49. The number of ether oxygens (including phenoxy) is 1. The fraction of sp³-hybridized carbons (Fsp3) is 0.600. The average molecular weight is 292 g/mol. The van der Waals surface area contributed by atoms with E-state index in [-0.39, 0.29) is 12.5 Å². The molecule has 1 saturated heterocycles. The third-order valence-electron chi connectivity index (χ3n) is 3.76. The van der Waals surface area contributed by atoms with Crippen LogP contribution in [0.4, 0.5) is 0 Å². The Hall–Kier alpha value is -1.66. The van der Waals surface area contributed by atoms with Crippen LogP contribution in [0.15, 0.2) is 12.1 Å². The highest BCUT2D eigenvalue weighted by molar-refractivity contribution is 5.75. The molecule has 0 atom stereocenters. The molecule has 0 unspecified atom stereocenters. The van der Waals surface area contributed by atoms with Crippen LogP contribution in [-0.2, 0) is 11.3 Å². The van der Waals surface area contributed by atoms with Crippen molar-refractivity contribution in [2.75, 3.05) is 26.7 Å². The van der Waals surface area contributed by atoms with Gasteiger partial charge in [-0.05, 0) is 32.9 Å². The number of rotatable bonds is 6. The van der Waals surface area contributed by atoms with Crippen molar-refractivity contribution in [1.82, 2.24) is 15.2 Å². The van der Waals surface area contributed by atoms with E-state index in [0.29, 0.717) is 12.6 Å². The summed E-state index contributed by atoms with van der Waals surface area (Å²) in [5, 5.41) is 3.34. The van der Waals surface area contributed by atoms with Crippen LogP contribution >= 0.6 is 0 Å². The van der Waals surface area contributed by atoms with Crippen LogP contribution in [0.3, 0.4) is 0 Å². The molecule has 0 saturated carbocycles. The molecule has 6 heteroatoms. The van der Waals surface area contributed by atoms with Gasteiger partial charge in [-0.3, -0.25) is 14.7 Å². The lowest BCUT2D eigenvalue weighted by molar-refractivity contribution is -0.120. The second-order valence-corrected chi connectivity index (χ2v) is 5.49. The Morgan fingerprint density at radius 3 is 2.81 bits per heavy atom. The maximum Gasteiger partial charge on any atom is 0.231 e. The van der Waals surface area contributed by atoms with E-state index in [1.165, 1.54) is 0 Å². The fourth-order valence-electron chi connectivity index (χ4n) is 2.80. The molecule has 1 aliphatic heterocycles. The fourth-order valence-corrected chi connectivity index (χ4v) is 2.80. The first-order valence-electron chi connectivity index (χ1n) is 7.33. The third kappa shape index (κ3) is 4.68. The first kappa shape index (κ1) is 15.7. The Morgan fingerprint density at radius 1 is 1.48 bits per heavy atom. The SMILES string of the molecule is COc1cc(C)nc(CN(CC(N)=O)C2CCNCC2)c1. The zero-order valence-corrected chi connectivity index (χ0v) is 12.8. The van der Waals surface area contributed by atoms with Crippen molar-refractivity contribution >= 4 is 5.91 Å². The Balaban J connectivity index is 2.13. The number of primary amides is 1. The van der Waals surface area contributed by atoms with Crippen molar-refractivity contribution in [3.8, 4) is 5.75 Å². The topological polar surface area (TPSA) is 80.5 Å². The quantitative estimate of drug-likeness (QED) is 0.795. The molecule has 1 aromatic heterocycles. The molecule has 1 amide bonds. The van der Waals surface area contributed by atoms with Crippen molar-refractivity contribution in [1.29, 1.82) is 0 Å². The van der Waals surface area contributed by atoms with E-state index in [2.05, 4.69) is 15.2 Å². The van der Waals surface area contributed by atoms with Gasteiger partial charge >= 0.3 is 0 Å². The minimum atomic E-state index is -0.298. The van der Waals surface area contributed by atoms with Gasteiger partial charge in [0, 0.05) is 30.4 Å². The number of carbonyl (C=O) groups excluding carboxylic acids is 1. The number of nitrogens with two attached hydrogens (primary N) is 1. The molecule has 116 valence electrons. The number of methoxy groups -OCH3 is 1. The molecule has 0 aromatic carbocycles. The van der Waals surface area contributed by atoms with Crippen LogP contribution in [0, 0.1) is 6.92 Å². The summed E-state index contributed by atoms with van der Waals surface area (Å²) in [4.78, 5) is 18.0. The Bertz CT molecular complexity index is 487. The number of amides is 1. The van der Waals surface area contributed by atoms with Crippen molar-refractivity contribution in [3.05, 3.63) is 23.5 Å². The van der Waals surface area contributed by atoms with Crippen LogP contribution in [0.2, 0.25) is 0 Å². The van der Waals surface area contributed by atoms with Crippen LogP contribution in [0.25, 0.3) is 0 Å². The number of nitrogens with zero attached hydrogens (tertiary/aromatic N) is 2. The van der Waals surface area contributed by atoms with Gasteiger partial charge in [0.15, 0.2) is 0 Å². The summed E-state index contributed by atoms with van der Waals surface area (Å²) in [5.74, 6) is 0.495. The first-order chi connectivity index (χ1) is 10.1. The van der Waals surface area contributed by atoms with E-state index in [9.17, 15) is 4.79 Å². The van der Waals surface area contributed by atoms with Gasteiger partial charge in [-0.25, -0.2) is 0 Å². The maximum absolute atomic E-state index is 11.4. The highest BCUT2D eigenvalue weighted by Crippen LogP contribution is 2.18. The minimum absolute atomic E-state index is 0.266. The zero-order valence-electron chi connectivity index (χ0n) is 12.8. The van der Waals surface area contributed by atoms with Crippen molar-refractivity contribution in [2.24, 2.45) is 5.73 Å². The third-order valence-corrected chi connectivity index (χ3v) is 3.76. The van der Waals surface area contributed by atoms with Crippen LogP contribution < -0.4 is 15.8 Å². The summed E-state index contributed by atoms with van der Waals surface area (Å²) in [6.45, 7) is 4.78. The molecule has 6 nitrogen and oxygen atoms in total. The Labute approximate surface area is 125 Å². The van der Waals surface area contributed by atoms with Crippen LogP contribution in [-0.4, -0.2) is 48.6 Å². The lowest BCUT2D eigenvalue weighted by atomic mass is 10.0. The molecule has 0 aliphatic carbocycles. The molecule has 1 aromatic rings. The molecule has 2 heterocycles. The average Bonchev–Trinajstić information content (AvgIpc) is 2.46. The molecule has 2 rings (SSSR count). The minimum Gasteiger partial charge on any atom is -0.497 e. The van der Waals surface area contributed by atoms with Gasteiger partial charge in [-0.1, -0.05) is 0 Å². The predicted octanol–water partition coefficient (Wildman–Crippen LogP) is 0.438. The van der Waals surface area contributed by atoms with E-state index in [1.807, 2.05) is 19.1 Å². The van der Waals surface area contributed by atoms with Gasteiger partial charge < -0.3 is 15.8 Å². The van der Waals surface area contributed by atoms with Gasteiger partial charge in [0.25, 0.3) is 0 Å². The number of hydrogen-bond acceptors (Lipinski definition) is 5. The molecule has 1 fully saturated rings. The summed E-state index contributed by atoms with van der Waals surface area (Å²) in [6, 6.07) is 4.18. The summed E-state index contributed by atoms with van der Waals surface area (Å²) < 4.78 is 5.28. The maximum atomic E-state index is 11.4. The molecule has 3 N–H and O–H groups in total. The summed E-state index contributed by atoms with van der Waals surface area (Å²) in [6.07, 6.45) is 2.05. The van der Waals surface area contributed by atoms with Gasteiger partial charge in [-0.2, -0.15) is 0 Å². The van der Waals surface area contributed by atoms with Gasteiger partial charge in [0.1, 0.15) is 5.75 Å². The standard InChI is InChI=1S/C15H24N4O2/c1-11-7-14(21-2)8-12(18-11)9-19(10-15(16)20)13-3-5-17-6-4-13/h7-8,13,17H,3-6,9-10H2,1-2H3,(H2,16,20). The van der Waals surface area contributed by atoms with E-state index in [1.54, 1.807) is 7.11 Å². The Morgan fingerprint density at radius 2 is 2.19 bits per heavy atom. The molecule has 0 bridgehead atoms. The highest BCUT2D eigenvalue weighted by Gasteiger charge is 2.23. The zero-order chi connectivity index (χ0) is 15.2. The molecule has 21 heavy (non-hydrogen) atoms. The smallest absolute Gasteiger partial charge is 0.231 e. The highest BCUT2D eigenvalue weighted by atomic mass is 16.5. The first-order valence-corrected chi connectivity index (χ1v) is 7.33. The van der Waals surface area contributed by atoms with E-state index in [4.69, 9.17) is 10.5 Å². The lowest BCUT2D eigenvalue weighted by Crippen LogP contribution is -2.46. The molecular weight excluding hydrogens is 268 g/mol. The second kappa shape index (κ2) is 7.38. The summed E-state index contributed by atoms with van der Waals surface area (Å²) >= 11 is 0. The van der Waals surface area contributed by atoms with Crippen LogP contribution in [0.5, 0.6) is 5.75 Å². The summed E-state index contributed by atoms with van der Waals surface area (Å²) in [7, 11) is 1.65. The van der Waals surface area contributed by atoms with E-state index in [0.717, 1.165) is 43.1 Å². The number of piperidine rings is 1. The molecule has 1 aliphatic rings. The van der Waals surface area contributed by atoms with Gasteiger partial charge in [0.2, 0.25) is 5.91 Å². The number of hydrogen-bond donors (Lipinski definition) is 2. The normalized spacial score (nSPS) is 16.1. The number of carbonyl (C=O) groups is 1. The lowest BCUT2D eigenvalue weighted by Gasteiger charge is -2.33.